The molecule has 1 aliphatic rings. The van der Waals surface area contributed by atoms with Crippen molar-refractivity contribution in [1.82, 2.24) is 5.32 Å². The van der Waals surface area contributed by atoms with Gasteiger partial charge in [-0.25, -0.2) is 0 Å². The van der Waals surface area contributed by atoms with Crippen molar-refractivity contribution in [1.29, 1.82) is 0 Å². The molecule has 0 saturated heterocycles. The maximum absolute atomic E-state index is 13.2. The predicted molar refractivity (Wildman–Crippen MR) is 107 cm³/mol. The number of hydrogen-bond acceptors (Lipinski definition) is 6. The lowest BCUT2D eigenvalue weighted by atomic mass is 9.75. The zero-order valence-electron chi connectivity index (χ0n) is 18.2. The van der Waals surface area contributed by atoms with E-state index >= 15 is 0 Å². The number of ether oxygens (including phenoxy) is 2. The minimum atomic E-state index is -1.03. The van der Waals surface area contributed by atoms with Crippen molar-refractivity contribution in [2.75, 3.05) is 20.3 Å². The van der Waals surface area contributed by atoms with Crippen LogP contribution in [-0.4, -0.2) is 60.0 Å². The molecule has 1 aliphatic carbocycles. The highest BCUT2D eigenvalue weighted by Crippen LogP contribution is 2.44. The van der Waals surface area contributed by atoms with Crippen molar-refractivity contribution >= 4 is 17.8 Å². The third-order valence-corrected chi connectivity index (χ3v) is 5.32. The average Bonchev–Trinajstić information content (AvgIpc) is 3.06. The number of carboxylic acid groups (broad SMARTS) is 1. The van der Waals surface area contributed by atoms with Gasteiger partial charge in [0.05, 0.1) is 17.8 Å². The Kier molecular flexibility index (Phi) is 10.1. The molecule has 29 heavy (non-hydrogen) atoms. The van der Waals surface area contributed by atoms with Gasteiger partial charge in [-0.1, -0.05) is 12.8 Å². The second-order valence-electron chi connectivity index (χ2n) is 8.98. The Morgan fingerprint density at radius 2 is 1.76 bits per heavy atom. The molecule has 0 aliphatic heterocycles. The number of nitrogens with one attached hydrogen (secondary N) is 1. The maximum atomic E-state index is 13.2. The van der Waals surface area contributed by atoms with E-state index in [9.17, 15) is 19.5 Å². The topological polar surface area (TPSA) is 122 Å². The third kappa shape index (κ3) is 8.70. The van der Waals surface area contributed by atoms with Crippen LogP contribution in [0.5, 0.6) is 0 Å². The number of amides is 1. The molecule has 0 radical (unpaired) electrons. The molecular weight excluding hydrogens is 378 g/mol. The highest BCUT2D eigenvalue weighted by Gasteiger charge is 2.45. The van der Waals surface area contributed by atoms with E-state index in [0.717, 1.165) is 12.8 Å². The van der Waals surface area contributed by atoms with Gasteiger partial charge in [-0.15, -0.1) is 0 Å². The summed E-state index contributed by atoms with van der Waals surface area (Å²) in [5.74, 6) is -2.09. The number of carbonyl (C=O) groups excluding carboxylic acids is 2. The number of aliphatic carboxylic acids is 1. The molecule has 0 spiro atoms. The second-order valence-corrected chi connectivity index (χ2v) is 8.98. The molecule has 0 unspecified atom stereocenters. The van der Waals surface area contributed by atoms with E-state index in [2.05, 4.69) is 5.32 Å². The van der Waals surface area contributed by atoms with Crippen LogP contribution in [0.3, 0.4) is 0 Å². The monoisotopic (exact) mass is 415 g/mol. The largest absolute Gasteiger partial charge is 0.481 e. The van der Waals surface area contributed by atoms with Crippen molar-refractivity contribution in [3.63, 3.8) is 0 Å². The van der Waals surface area contributed by atoms with Crippen LogP contribution in [0.2, 0.25) is 0 Å². The highest BCUT2D eigenvalue weighted by atomic mass is 16.6. The molecule has 0 aromatic rings. The van der Waals surface area contributed by atoms with Gasteiger partial charge in [-0.2, -0.15) is 0 Å². The van der Waals surface area contributed by atoms with Crippen LogP contribution in [0.4, 0.5) is 0 Å². The smallest absolute Gasteiger partial charge is 0.309 e. The van der Waals surface area contributed by atoms with Crippen LogP contribution in [0.25, 0.3) is 0 Å². The molecule has 168 valence electrons. The van der Waals surface area contributed by atoms with Crippen LogP contribution in [-0.2, 0) is 23.9 Å². The SMILES string of the molecule is COCC[C@H](CC1(C(=O)N[C@H](CCO)CC(=O)O)CCCC1)C(=O)OC(C)(C)C. The van der Waals surface area contributed by atoms with Crippen molar-refractivity contribution in [3.8, 4) is 0 Å². The summed E-state index contributed by atoms with van der Waals surface area (Å²) in [6.07, 6.45) is 3.76. The lowest BCUT2D eigenvalue weighted by Gasteiger charge is -2.33. The second kappa shape index (κ2) is 11.5. The van der Waals surface area contributed by atoms with Gasteiger partial charge >= 0.3 is 11.9 Å². The lowest BCUT2D eigenvalue weighted by molar-refractivity contribution is -0.162. The Balaban J connectivity index is 2.98. The lowest BCUT2D eigenvalue weighted by Crippen LogP contribution is -2.47. The van der Waals surface area contributed by atoms with Crippen LogP contribution in [0, 0.1) is 11.3 Å². The summed E-state index contributed by atoms with van der Waals surface area (Å²) in [7, 11) is 1.57. The summed E-state index contributed by atoms with van der Waals surface area (Å²) in [6.45, 7) is 5.60. The Hall–Kier alpha value is -1.67. The quantitative estimate of drug-likeness (QED) is 0.418. The van der Waals surface area contributed by atoms with E-state index in [4.69, 9.17) is 14.6 Å². The van der Waals surface area contributed by atoms with Gasteiger partial charge in [-0.05, 0) is 52.9 Å². The first-order valence-corrected chi connectivity index (χ1v) is 10.4. The summed E-state index contributed by atoms with van der Waals surface area (Å²) in [5, 5.41) is 21.1. The van der Waals surface area contributed by atoms with Crippen LogP contribution >= 0.6 is 0 Å². The third-order valence-electron chi connectivity index (χ3n) is 5.32. The van der Waals surface area contributed by atoms with E-state index in [1.165, 1.54) is 0 Å². The van der Waals surface area contributed by atoms with Crippen molar-refractivity contribution in [3.05, 3.63) is 0 Å². The number of hydrogen-bond donors (Lipinski definition) is 3. The minimum absolute atomic E-state index is 0.174. The van der Waals surface area contributed by atoms with E-state index in [0.29, 0.717) is 32.3 Å². The molecule has 1 fully saturated rings. The van der Waals surface area contributed by atoms with E-state index in [-0.39, 0.29) is 31.3 Å². The summed E-state index contributed by atoms with van der Waals surface area (Å²) in [5.41, 5.74) is -1.36. The molecule has 1 rings (SSSR count). The number of rotatable bonds is 12. The molecule has 8 nitrogen and oxygen atoms in total. The Morgan fingerprint density at radius 1 is 1.14 bits per heavy atom. The van der Waals surface area contributed by atoms with E-state index in [1.54, 1.807) is 7.11 Å². The Labute approximate surface area is 173 Å². The zero-order valence-corrected chi connectivity index (χ0v) is 18.2. The van der Waals surface area contributed by atoms with Gasteiger partial charge in [0.2, 0.25) is 5.91 Å². The summed E-state index contributed by atoms with van der Waals surface area (Å²) >= 11 is 0. The van der Waals surface area contributed by atoms with E-state index < -0.39 is 28.9 Å². The number of carboxylic acids is 1. The number of aliphatic hydroxyl groups is 1. The zero-order chi connectivity index (χ0) is 22.1. The summed E-state index contributed by atoms with van der Waals surface area (Å²) < 4.78 is 10.7. The molecule has 1 saturated carbocycles. The van der Waals surface area contributed by atoms with Gasteiger partial charge in [0.25, 0.3) is 0 Å². The van der Waals surface area contributed by atoms with Crippen LogP contribution < -0.4 is 5.32 Å². The van der Waals surface area contributed by atoms with Gasteiger partial charge < -0.3 is 25.0 Å². The van der Waals surface area contributed by atoms with Gasteiger partial charge in [0.15, 0.2) is 0 Å². The first-order valence-electron chi connectivity index (χ1n) is 10.4. The fourth-order valence-corrected chi connectivity index (χ4v) is 3.93. The van der Waals surface area contributed by atoms with Gasteiger partial charge in [0, 0.05) is 26.4 Å². The molecule has 0 heterocycles. The fourth-order valence-electron chi connectivity index (χ4n) is 3.93. The first-order chi connectivity index (χ1) is 13.5. The number of esters is 1. The molecule has 1 amide bonds. The molecular formula is C21H37NO7. The standard InChI is InChI=1S/C21H37NO7/c1-20(2,3)29-18(26)15(8-12-28-4)14-21(9-5-6-10-21)19(27)22-16(7-11-23)13-17(24)25/h15-16,23H,5-14H2,1-4H3,(H,22,27)(H,24,25)/t15-,16-/m1/s1. The number of carbonyl (C=O) groups is 3. The fraction of sp³-hybridized carbons (Fsp3) is 0.857. The van der Waals surface area contributed by atoms with Crippen molar-refractivity contribution in [2.45, 2.75) is 83.8 Å². The van der Waals surface area contributed by atoms with Crippen molar-refractivity contribution in [2.24, 2.45) is 11.3 Å². The minimum Gasteiger partial charge on any atom is -0.481 e. The average molecular weight is 416 g/mol. The number of aliphatic hydroxyl groups excluding tert-OH is 1. The Bertz CT molecular complexity index is 550. The normalized spacial score (nSPS) is 18.1. The summed E-state index contributed by atoms with van der Waals surface area (Å²) in [6, 6.07) is -0.638. The summed E-state index contributed by atoms with van der Waals surface area (Å²) in [4.78, 5) is 37.0. The van der Waals surface area contributed by atoms with Gasteiger partial charge in [-0.3, -0.25) is 14.4 Å². The molecule has 0 bridgehead atoms. The molecule has 2 atom stereocenters. The molecule has 0 aromatic carbocycles. The maximum Gasteiger partial charge on any atom is 0.309 e. The molecule has 0 aromatic heterocycles. The van der Waals surface area contributed by atoms with Crippen LogP contribution in [0.15, 0.2) is 0 Å². The number of methoxy groups -OCH3 is 1. The predicted octanol–water partition coefficient (Wildman–Crippen LogP) is 2.27. The van der Waals surface area contributed by atoms with Crippen molar-refractivity contribution < 1.29 is 34.1 Å². The highest BCUT2D eigenvalue weighted by molar-refractivity contribution is 5.85. The van der Waals surface area contributed by atoms with Gasteiger partial charge in [0.1, 0.15) is 5.60 Å². The molecule has 8 heteroatoms. The van der Waals surface area contributed by atoms with Crippen LogP contribution in [0.1, 0.15) is 72.1 Å². The van der Waals surface area contributed by atoms with E-state index in [1.807, 2.05) is 20.8 Å². The Morgan fingerprint density at radius 3 is 2.24 bits per heavy atom. The molecule has 3 N–H and O–H groups in total. The first kappa shape index (κ1) is 25.4.